The number of rotatable bonds is 2. The molecule has 1 fully saturated rings. The number of ether oxygens (including phenoxy) is 3. The summed E-state index contributed by atoms with van der Waals surface area (Å²) in [6.07, 6.45) is -5.27. The Hall–Kier alpha value is -3.21. The third-order valence-corrected chi connectivity index (χ3v) is 8.10. The maximum atomic E-state index is 13.3. The van der Waals surface area contributed by atoms with E-state index in [0.29, 0.717) is 16.5 Å². The second kappa shape index (κ2) is 10.6. The number of aliphatic hydroxyl groups is 5. The summed E-state index contributed by atoms with van der Waals surface area (Å²) in [5.74, 6) is 4.28. The SMILES string of the molecule is COc1cc2c3c(O)c(c(C)cc3c1CO)C(=O)CC#CCC1CC(N)C=CC1(O)C1OC(O2)C(O)C(O)C1O. The van der Waals surface area contributed by atoms with Gasteiger partial charge in [0.25, 0.3) is 0 Å². The summed E-state index contributed by atoms with van der Waals surface area (Å²) in [4.78, 5) is 13.3. The van der Waals surface area contributed by atoms with Crippen molar-refractivity contribution < 1.29 is 49.6 Å². The predicted octanol–water partition coefficient (Wildman–Crippen LogP) is 0.156. The molecule has 11 heteroatoms. The van der Waals surface area contributed by atoms with E-state index in [4.69, 9.17) is 19.9 Å². The van der Waals surface area contributed by atoms with Gasteiger partial charge in [-0.3, -0.25) is 4.79 Å². The molecule has 3 aliphatic rings. The van der Waals surface area contributed by atoms with Crippen LogP contribution in [0.4, 0.5) is 0 Å². The van der Waals surface area contributed by atoms with Gasteiger partial charge in [-0.05, 0) is 30.4 Å². The van der Waals surface area contributed by atoms with E-state index in [1.165, 1.54) is 19.3 Å². The van der Waals surface area contributed by atoms with E-state index < -0.39 is 66.4 Å². The van der Waals surface area contributed by atoms with Gasteiger partial charge in [0.2, 0.25) is 6.29 Å². The molecule has 2 aromatic carbocycles. The Labute approximate surface area is 230 Å². The zero-order valence-corrected chi connectivity index (χ0v) is 22.1. The summed E-state index contributed by atoms with van der Waals surface area (Å²) in [5.41, 5.74) is 5.00. The minimum Gasteiger partial charge on any atom is -0.506 e. The van der Waals surface area contributed by atoms with Crippen molar-refractivity contribution in [3.63, 3.8) is 0 Å². The van der Waals surface area contributed by atoms with Crippen LogP contribution in [0, 0.1) is 24.7 Å². The van der Waals surface area contributed by atoms with Gasteiger partial charge in [-0.15, -0.1) is 5.92 Å². The molecule has 8 unspecified atom stereocenters. The van der Waals surface area contributed by atoms with Crippen molar-refractivity contribution in [2.45, 2.75) is 75.1 Å². The Bertz CT molecular complexity index is 1430. The van der Waals surface area contributed by atoms with Gasteiger partial charge < -0.3 is 50.6 Å². The highest BCUT2D eigenvalue weighted by Gasteiger charge is 2.56. The first-order valence-corrected chi connectivity index (χ1v) is 13.0. The molecule has 8 atom stereocenters. The molecule has 2 heterocycles. The lowest BCUT2D eigenvalue weighted by atomic mass is 9.70. The lowest BCUT2D eigenvalue weighted by molar-refractivity contribution is -0.304. The van der Waals surface area contributed by atoms with Crippen molar-refractivity contribution in [3.05, 3.63) is 41.0 Å². The standard InChI is InChI=1S/C29H33NO10/c1-13-9-16-17(12-31)19(38-2)11-20-22(16)23(33)21(13)18(32)6-4-3-5-14-10-15(30)7-8-29(14,37)27-25(35)24(34)26(36)28(39-20)40-27/h7-9,11,14-15,24-28,31,33-37H,5-6,10,12,30H2,1-2H3. The number of carbonyl (C=O) groups is 1. The Balaban J connectivity index is 1.75. The Morgan fingerprint density at radius 1 is 1.18 bits per heavy atom. The number of benzene rings is 2. The minimum atomic E-state index is -1.86. The summed E-state index contributed by atoms with van der Waals surface area (Å²) in [5, 5.41) is 66.3. The highest BCUT2D eigenvalue weighted by Crippen LogP contribution is 2.46. The number of aromatic hydroxyl groups is 1. The molecular weight excluding hydrogens is 522 g/mol. The van der Waals surface area contributed by atoms with Crippen LogP contribution in [0.1, 0.15) is 40.7 Å². The highest BCUT2D eigenvalue weighted by molar-refractivity contribution is 6.09. The van der Waals surface area contributed by atoms with Crippen LogP contribution in [-0.2, 0) is 11.3 Å². The van der Waals surface area contributed by atoms with E-state index in [-0.39, 0.29) is 41.7 Å². The van der Waals surface area contributed by atoms with Crippen molar-refractivity contribution in [1.29, 1.82) is 0 Å². The van der Waals surface area contributed by atoms with Crippen LogP contribution in [0.3, 0.4) is 0 Å². The van der Waals surface area contributed by atoms with E-state index in [9.17, 15) is 35.4 Å². The van der Waals surface area contributed by atoms with Crippen LogP contribution >= 0.6 is 0 Å². The lowest BCUT2D eigenvalue weighted by Gasteiger charge is -2.49. The predicted molar refractivity (Wildman–Crippen MR) is 142 cm³/mol. The molecule has 0 saturated carbocycles. The number of phenols is 1. The molecule has 0 radical (unpaired) electrons. The molecule has 8 N–H and O–H groups in total. The number of fused-ring (bicyclic) bond motifs is 5. The number of carbonyl (C=O) groups excluding carboxylic acids is 1. The van der Waals surface area contributed by atoms with Crippen molar-refractivity contribution >= 4 is 16.6 Å². The molecule has 5 rings (SSSR count). The van der Waals surface area contributed by atoms with E-state index in [2.05, 4.69) is 11.8 Å². The second-order valence-corrected chi connectivity index (χ2v) is 10.6. The molecule has 0 aromatic heterocycles. The van der Waals surface area contributed by atoms with Gasteiger partial charge in [0, 0.05) is 30.0 Å². The van der Waals surface area contributed by atoms with Crippen molar-refractivity contribution in [2.75, 3.05) is 7.11 Å². The first-order chi connectivity index (χ1) is 19.0. The average molecular weight is 556 g/mol. The maximum Gasteiger partial charge on any atom is 0.229 e. The molecule has 0 spiro atoms. The van der Waals surface area contributed by atoms with Gasteiger partial charge in [-0.2, -0.15) is 0 Å². The Kier molecular flexibility index (Phi) is 7.54. The molecule has 40 heavy (non-hydrogen) atoms. The summed E-state index contributed by atoms with van der Waals surface area (Å²) < 4.78 is 17.4. The first kappa shape index (κ1) is 28.3. The summed E-state index contributed by atoms with van der Waals surface area (Å²) >= 11 is 0. The van der Waals surface area contributed by atoms with E-state index in [1.807, 2.05) is 0 Å². The van der Waals surface area contributed by atoms with Crippen LogP contribution in [0.2, 0.25) is 0 Å². The number of ketones is 1. The second-order valence-electron chi connectivity index (χ2n) is 10.6. The van der Waals surface area contributed by atoms with Crippen LogP contribution in [-0.4, -0.2) is 85.9 Å². The lowest BCUT2D eigenvalue weighted by Crippen LogP contribution is -2.67. The van der Waals surface area contributed by atoms with Crippen LogP contribution in [0.15, 0.2) is 24.3 Å². The van der Waals surface area contributed by atoms with Gasteiger partial charge in [0.05, 0.1) is 31.1 Å². The molecule has 1 aliphatic carbocycles. The molecule has 2 aliphatic heterocycles. The smallest absolute Gasteiger partial charge is 0.229 e. The molecule has 0 amide bonds. The topological polar surface area (TPSA) is 192 Å². The number of aryl methyl sites for hydroxylation is 1. The quantitative estimate of drug-likeness (QED) is 0.197. The molecule has 214 valence electrons. The number of hydrogen-bond donors (Lipinski definition) is 7. The van der Waals surface area contributed by atoms with E-state index in [1.54, 1.807) is 19.1 Å². The van der Waals surface area contributed by atoms with Gasteiger partial charge in [0.15, 0.2) is 5.78 Å². The Morgan fingerprint density at radius 3 is 2.62 bits per heavy atom. The fourth-order valence-corrected chi connectivity index (χ4v) is 5.95. The number of nitrogens with two attached hydrogens (primary N) is 1. The summed E-state index contributed by atoms with van der Waals surface area (Å²) in [6, 6.07) is 2.55. The Morgan fingerprint density at radius 2 is 1.93 bits per heavy atom. The third-order valence-electron chi connectivity index (χ3n) is 8.10. The van der Waals surface area contributed by atoms with Gasteiger partial charge in [-0.1, -0.05) is 18.1 Å². The monoisotopic (exact) mass is 555 g/mol. The van der Waals surface area contributed by atoms with Gasteiger partial charge in [0.1, 0.15) is 47.3 Å². The van der Waals surface area contributed by atoms with Crippen molar-refractivity contribution in [2.24, 2.45) is 11.7 Å². The largest absolute Gasteiger partial charge is 0.506 e. The average Bonchev–Trinajstić information content (AvgIpc) is 2.92. The number of hydrogen-bond acceptors (Lipinski definition) is 11. The summed E-state index contributed by atoms with van der Waals surface area (Å²) in [6.45, 7) is 1.18. The summed E-state index contributed by atoms with van der Waals surface area (Å²) in [7, 11) is 1.38. The highest BCUT2D eigenvalue weighted by atomic mass is 16.7. The van der Waals surface area contributed by atoms with Crippen LogP contribution in [0.5, 0.6) is 17.2 Å². The van der Waals surface area contributed by atoms with Crippen molar-refractivity contribution in [3.8, 4) is 29.1 Å². The zero-order valence-electron chi connectivity index (χ0n) is 22.1. The van der Waals surface area contributed by atoms with Crippen LogP contribution in [0.25, 0.3) is 10.8 Å². The van der Waals surface area contributed by atoms with Gasteiger partial charge in [-0.25, -0.2) is 0 Å². The maximum absolute atomic E-state index is 13.3. The number of phenolic OH excluding ortho intramolecular Hbond substituents is 1. The number of methoxy groups -OCH3 is 1. The first-order valence-electron chi connectivity index (χ1n) is 13.0. The number of Topliss-reactive ketones (excluding diaryl/α,β-unsaturated/α-hetero) is 1. The fourth-order valence-electron chi connectivity index (χ4n) is 5.95. The van der Waals surface area contributed by atoms with Crippen LogP contribution < -0.4 is 15.2 Å². The molecule has 4 bridgehead atoms. The normalized spacial score (nSPS) is 33.8. The molecule has 1 saturated heterocycles. The minimum absolute atomic E-state index is 0.00755. The molecule has 11 nitrogen and oxygen atoms in total. The van der Waals surface area contributed by atoms with E-state index in [0.717, 1.165) is 0 Å². The number of aliphatic hydroxyl groups excluding tert-OH is 4. The van der Waals surface area contributed by atoms with E-state index >= 15 is 0 Å². The zero-order chi connectivity index (χ0) is 28.9. The third kappa shape index (κ3) is 4.52. The molecule has 2 aromatic rings. The van der Waals surface area contributed by atoms with Crippen molar-refractivity contribution in [1.82, 2.24) is 0 Å². The molecular formula is C29H33NO10. The van der Waals surface area contributed by atoms with Gasteiger partial charge >= 0.3 is 0 Å². The fraction of sp³-hybridized carbons (Fsp3) is 0.483.